The second-order valence-corrected chi connectivity index (χ2v) is 13.1. The zero-order valence-electron chi connectivity index (χ0n) is 22.3. The van der Waals surface area contributed by atoms with E-state index >= 15 is 0 Å². The summed E-state index contributed by atoms with van der Waals surface area (Å²) in [6.07, 6.45) is 7.94. The van der Waals surface area contributed by atoms with Crippen LogP contribution in [-0.2, 0) is 20.9 Å². The van der Waals surface area contributed by atoms with Crippen molar-refractivity contribution in [3.63, 3.8) is 0 Å². The number of hydrogen-bond donors (Lipinski definition) is 3. The summed E-state index contributed by atoms with van der Waals surface area (Å²) in [5.41, 5.74) is 7.67. The van der Waals surface area contributed by atoms with E-state index in [4.69, 9.17) is 17.3 Å². The molecule has 5 rings (SSSR count). The number of rotatable bonds is 12. The van der Waals surface area contributed by atoms with Crippen molar-refractivity contribution in [1.82, 2.24) is 20.5 Å². The molecule has 2 aromatic heterocycles. The van der Waals surface area contributed by atoms with Crippen LogP contribution in [0.4, 0.5) is 0 Å². The number of fused-ring (bicyclic) bond motifs is 2. The van der Waals surface area contributed by atoms with E-state index in [1.807, 2.05) is 34.9 Å². The van der Waals surface area contributed by atoms with E-state index < -0.39 is 16.7 Å². The van der Waals surface area contributed by atoms with Crippen LogP contribution in [0.25, 0.3) is 10.2 Å². The third kappa shape index (κ3) is 6.87. The van der Waals surface area contributed by atoms with Gasteiger partial charge in [0.1, 0.15) is 17.1 Å². The van der Waals surface area contributed by atoms with Gasteiger partial charge in [-0.05, 0) is 48.3 Å². The number of thioether (sulfide) groups is 2. The monoisotopic (exact) mass is 643 g/mol. The number of β-lactam (4-membered cyclic amide) rings is 1. The molecule has 218 valence electrons. The van der Waals surface area contributed by atoms with Gasteiger partial charge in [0.25, 0.3) is 17.1 Å². The first-order valence-corrected chi connectivity index (χ1v) is 16.4. The van der Waals surface area contributed by atoms with Crippen LogP contribution in [0.2, 0.25) is 0 Å². The Hall–Kier alpha value is -3.23. The highest BCUT2D eigenvalue weighted by Crippen LogP contribution is 2.41. The van der Waals surface area contributed by atoms with E-state index in [0.717, 1.165) is 14.6 Å². The first-order chi connectivity index (χ1) is 20.4. The topological polar surface area (TPSA) is 138 Å². The molecule has 0 unspecified atom stereocenters. The molecule has 10 nitrogen and oxygen atoms in total. The van der Waals surface area contributed by atoms with E-state index in [1.165, 1.54) is 39.8 Å². The maximum absolute atomic E-state index is 13.0. The van der Waals surface area contributed by atoms with Gasteiger partial charge in [0, 0.05) is 24.4 Å². The Bertz CT molecular complexity index is 1540. The lowest BCUT2D eigenvalue weighted by Crippen LogP contribution is -2.70. The molecule has 3 aromatic rings. The molecular weight excluding hydrogens is 616 g/mol. The van der Waals surface area contributed by atoms with Crippen molar-refractivity contribution in [2.24, 2.45) is 5.73 Å². The van der Waals surface area contributed by atoms with Gasteiger partial charge in [0.05, 0.1) is 21.5 Å². The molecule has 0 radical (unpaired) electrons. The van der Waals surface area contributed by atoms with Crippen molar-refractivity contribution < 1.29 is 23.7 Å². The van der Waals surface area contributed by atoms with Crippen LogP contribution < -0.4 is 20.9 Å². The van der Waals surface area contributed by atoms with Crippen LogP contribution in [0.1, 0.15) is 16.8 Å². The Morgan fingerprint density at radius 1 is 1.21 bits per heavy atom. The molecule has 42 heavy (non-hydrogen) atoms. The van der Waals surface area contributed by atoms with E-state index in [1.54, 1.807) is 30.6 Å². The van der Waals surface area contributed by atoms with Crippen molar-refractivity contribution >= 4 is 79.6 Å². The second kappa shape index (κ2) is 13.8. The summed E-state index contributed by atoms with van der Waals surface area (Å²) in [5.74, 6) is -0.213. The van der Waals surface area contributed by atoms with Crippen LogP contribution >= 0.6 is 46.5 Å². The molecule has 0 bridgehead atoms. The van der Waals surface area contributed by atoms with Gasteiger partial charge in [-0.1, -0.05) is 30.0 Å². The van der Waals surface area contributed by atoms with Crippen molar-refractivity contribution in [3.8, 4) is 0 Å². The maximum Gasteiger partial charge on any atom is 0.269 e. The Labute approximate surface area is 259 Å². The van der Waals surface area contributed by atoms with E-state index in [-0.39, 0.29) is 29.2 Å². The Morgan fingerprint density at radius 3 is 2.74 bits per heavy atom. The molecule has 14 heteroatoms. The summed E-state index contributed by atoms with van der Waals surface area (Å²) in [6.45, 7) is 1.53. The van der Waals surface area contributed by atoms with Crippen LogP contribution in [-0.4, -0.2) is 68.9 Å². The lowest BCUT2D eigenvalue weighted by molar-refractivity contribution is -0.687. The maximum atomic E-state index is 13.0. The van der Waals surface area contributed by atoms with Crippen LogP contribution in [0.15, 0.2) is 76.6 Å². The first kappa shape index (κ1) is 30.2. The largest absolute Gasteiger partial charge is 0.352 e. The van der Waals surface area contributed by atoms with E-state index in [9.17, 15) is 19.2 Å². The summed E-state index contributed by atoms with van der Waals surface area (Å²) >= 11 is 10.2. The highest BCUT2D eigenvalue weighted by atomic mass is 35.5. The molecule has 4 N–H and O–H groups in total. The van der Waals surface area contributed by atoms with Gasteiger partial charge in [0.2, 0.25) is 5.91 Å². The third-order valence-electron chi connectivity index (χ3n) is 6.56. The van der Waals surface area contributed by atoms with Gasteiger partial charge in [-0.3, -0.25) is 24.1 Å². The number of pyridine rings is 1. The minimum Gasteiger partial charge on any atom is -0.352 e. The van der Waals surface area contributed by atoms with Gasteiger partial charge >= 0.3 is 0 Å². The van der Waals surface area contributed by atoms with Gasteiger partial charge < -0.3 is 16.4 Å². The van der Waals surface area contributed by atoms with E-state index in [2.05, 4.69) is 15.6 Å². The van der Waals surface area contributed by atoms with Crippen LogP contribution in [0.5, 0.6) is 0 Å². The molecule has 2 atom stereocenters. The van der Waals surface area contributed by atoms with Gasteiger partial charge in [-0.2, -0.15) is 0 Å². The highest BCUT2D eigenvalue weighted by Gasteiger charge is 2.53. The quantitative estimate of drug-likeness (QED) is 0.0900. The normalized spacial score (nSPS) is 18.2. The van der Waals surface area contributed by atoms with Crippen molar-refractivity contribution in [1.29, 1.82) is 0 Å². The average Bonchev–Trinajstić information content (AvgIpc) is 3.42. The summed E-state index contributed by atoms with van der Waals surface area (Å²) in [6, 6.07) is 10.5. The number of nitrogens with zero attached hydrogens (tertiary/aromatic N) is 3. The number of allylic oxidation sites excluding steroid dienone is 3. The number of benzene rings is 1. The standard InChI is InChI=1S/C28H27ClN6O4S3/c29-24(37)23-18(5-3-12-34-13-8-17(9-14-34)25(38)31-11-4-10-30)15-40-27-22(26(39)35(23)27)33-21(36)16-41-28-32-19-6-1-2-7-20(19)42-28/h1-3,5-9,13-14,22,27H,4,10-12,15-16,30H2,(H-,31,33,36,38)/p+1/t22-,27-/m1/s1. The zero-order chi connectivity index (χ0) is 29.6. The SMILES string of the molecule is NCCCNC(=O)c1cc[n+](CC=CC2=C(C(=O)Cl)N3C(=O)[C@@H](NC(=O)CSc4nc5ccccc5s4)[C@H]3SC2)cc1. The molecule has 2 aliphatic heterocycles. The van der Waals surface area contributed by atoms with Crippen LogP contribution in [0, 0.1) is 0 Å². The number of thiazole rings is 1. The Kier molecular flexibility index (Phi) is 9.95. The highest BCUT2D eigenvalue weighted by molar-refractivity contribution is 8.01. The van der Waals surface area contributed by atoms with Crippen LogP contribution in [0.3, 0.4) is 0 Å². The summed E-state index contributed by atoms with van der Waals surface area (Å²) in [5, 5.41) is 4.50. The summed E-state index contributed by atoms with van der Waals surface area (Å²) in [4.78, 5) is 56.1. The third-order valence-corrected chi connectivity index (χ3v) is 10.2. The predicted molar refractivity (Wildman–Crippen MR) is 165 cm³/mol. The van der Waals surface area contributed by atoms with Crippen molar-refractivity contribution in [2.45, 2.75) is 28.7 Å². The van der Waals surface area contributed by atoms with Gasteiger partial charge in [-0.25, -0.2) is 9.55 Å². The number of aromatic nitrogens is 2. The molecular formula is C28H28ClN6O4S3+. The Morgan fingerprint density at radius 2 is 2.00 bits per heavy atom. The number of nitrogens with one attached hydrogen (secondary N) is 2. The molecule has 1 fully saturated rings. The fourth-order valence-corrected chi connectivity index (χ4v) is 7.87. The summed E-state index contributed by atoms with van der Waals surface area (Å²) in [7, 11) is 0. The fourth-order valence-electron chi connectivity index (χ4n) is 4.46. The first-order valence-electron chi connectivity index (χ1n) is 13.1. The molecule has 2 aliphatic rings. The zero-order valence-corrected chi connectivity index (χ0v) is 25.5. The second-order valence-electron chi connectivity index (χ2n) is 9.42. The lowest BCUT2D eigenvalue weighted by Gasteiger charge is -2.49. The van der Waals surface area contributed by atoms with Crippen molar-refractivity contribution in [3.05, 3.63) is 77.8 Å². The van der Waals surface area contributed by atoms with Crippen molar-refractivity contribution in [2.75, 3.05) is 24.6 Å². The predicted octanol–water partition coefficient (Wildman–Crippen LogP) is 2.43. The number of amides is 3. The smallest absolute Gasteiger partial charge is 0.269 e. The molecule has 4 heterocycles. The molecule has 1 saturated heterocycles. The van der Waals surface area contributed by atoms with Gasteiger partial charge in [-0.15, -0.1) is 23.1 Å². The van der Waals surface area contributed by atoms with Gasteiger partial charge in [0.15, 0.2) is 23.3 Å². The number of hydrogen-bond acceptors (Lipinski definition) is 9. The number of para-hydroxylation sites is 1. The molecule has 0 saturated carbocycles. The number of nitrogens with two attached hydrogens (primary N) is 1. The number of carbonyl (C=O) groups is 4. The molecule has 0 aliphatic carbocycles. The average molecular weight is 644 g/mol. The number of carbonyl (C=O) groups excluding carboxylic acids is 4. The summed E-state index contributed by atoms with van der Waals surface area (Å²) < 4.78 is 3.71. The fraction of sp³-hybridized carbons (Fsp3) is 0.286. The minimum atomic E-state index is -0.725. The number of halogens is 1. The molecule has 1 aromatic carbocycles. The lowest BCUT2D eigenvalue weighted by atomic mass is 10.0. The van der Waals surface area contributed by atoms with E-state index in [0.29, 0.717) is 42.9 Å². The Balaban J connectivity index is 1.16. The minimum absolute atomic E-state index is 0.129. The molecule has 0 spiro atoms. The molecule has 3 amide bonds.